The van der Waals surface area contributed by atoms with E-state index in [9.17, 15) is 4.79 Å². The molecule has 1 aromatic carbocycles. The van der Waals surface area contributed by atoms with Crippen LogP contribution < -0.4 is 10.6 Å². The molecule has 0 aliphatic carbocycles. The number of hydrogen-bond donors (Lipinski definition) is 2. The first-order valence-electron chi connectivity index (χ1n) is 6.90. The van der Waals surface area contributed by atoms with Crippen LogP contribution in [-0.4, -0.2) is 24.5 Å². The Morgan fingerprint density at radius 3 is 2.78 bits per heavy atom. The Morgan fingerprint density at radius 1 is 1.28 bits per heavy atom. The molecule has 0 spiro atoms. The van der Waals surface area contributed by atoms with Gasteiger partial charge in [-0.05, 0) is 31.2 Å². The van der Waals surface area contributed by atoms with E-state index in [-0.39, 0.29) is 11.8 Å². The minimum absolute atomic E-state index is 0.208. The van der Waals surface area contributed by atoms with Gasteiger partial charge < -0.3 is 10.6 Å². The first kappa shape index (κ1) is 11.7. The number of hydrogen-bond acceptors (Lipinski definition) is 2. The van der Waals surface area contributed by atoms with Crippen molar-refractivity contribution in [2.75, 3.05) is 6.54 Å². The molecule has 96 valence electrons. The molecule has 2 aliphatic heterocycles. The monoisotopic (exact) mass is 244 g/mol. The van der Waals surface area contributed by atoms with Crippen molar-refractivity contribution in [3.05, 3.63) is 35.9 Å². The van der Waals surface area contributed by atoms with E-state index in [4.69, 9.17) is 0 Å². The van der Waals surface area contributed by atoms with E-state index in [1.54, 1.807) is 0 Å². The fraction of sp³-hybridized carbons (Fsp3) is 0.533. The van der Waals surface area contributed by atoms with Gasteiger partial charge in [-0.1, -0.05) is 30.3 Å². The molecule has 1 aromatic rings. The molecule has 2 aliphatic rings. The number of rotatable bonds is 4. The summed E-state index contributed by atoms with van der Waals surface area (Å²) in [5.74, 6) is 0.449. The van der Waals surface area contributed by atoms with Gasteiger partial charge in [0.1, 0.15) is 0 Å². The lowest BCUT2D eigenvalue weighted by Gasteiger charge is -2.19. The molecule has 3 rings (SSSR count). The van der Waals surface area contributed by atoms with Gasteiger partial charge in [-0.3, -0.25) is 4.79 Å². The third-order valence-corrected chi connectivity index (χ3v) is 4.19. The number of carbonyl (C=O) groups is 1. The van der Waals surface area contributed by atoms with E-state index in [1.165, 1.54) is 18.4 Å². The Hall–Kier alpha value is -1.35. The van der Waals surface area contributed by atoms with Gasteiger partial charge in [0.15, 0.2) is 0 Å². The van der Waals surface area contributed by atoms with Crippen LogP contribution >= 0.6 is 0 Å². The van der Waals surface area contributed by atoms with Gasteiger partial charge in [0.05, 0.1) is 5.92 Å². The molecule has 2 bridgehead atoms. The van der Waals surface area contributed by atoms with Crippen molar-refractivity contribution in [2.45, 2.75) is 37.8 Å². The minimum Gasteiger partial charge on any atom is -0.355 e. The van der Waals surface area contributed by atoms with Crippen molar-refractivity contribution in [1.82, 2.24) is 10.6 Å². The van der Waals surface area contributed by atoms with Crippen LogP contribution in [0.4, 0.5) is 0 Å². The average molecular weight is 244 g/mol. The highest BCUT2D eigenvalue weighted by atomic mass is 16.1. The Labute approximate surface area is 108 Å². The zero-order valence-corrected chi connectivity index (χ0v) is 10.6. The smallest absolute Gasteiger partial charge is 0.224 e. The first-order valence-corrected chi connectivity index (χ1v) is 6.90. The number of amides is 1. The summed E-state index contributed by atoms with van der Waals surface area (Å²) in [4.78, 5) is 12.1. The van der Waals surface area contributed by atoms with Gasteiger partial charge >= 0.3 is 0 Å². The molecular formula is C15H20N2O. The van der Waals surface area contributed by atoms with E-state index in [0.717, 1.165) is 19.4 Å². The maximum Gasteiger partial charge on any atom is 0.224 e. The Bertz CT molecular complexity index is 418. The van der Waals surface area contributed by atoms with Gasteiger partial charge in [0.2, 0.25) is 5.91 Å². The summed E-state index contributed by atoms with van der Waals surface area (Å²) in [6, 6.07) is 11.3. The largest absolute Gasteiger partial charge is 0.355 e. The summed E-state index contributed by atoms with van der Waals surface area (Å²) in [7, 11) is 0. The third-order valence-electron chi connectivity index (χ3n) is 4.19. The van der Waals surface area contributed by atoms with Crippen LogP contribution in [0.1, 0.15) is 24.8 Å². The maximum absolute atomic E-state index is 12.1. The van der Waals surface area contributed by atoms with Crippen LogP contribution in [0.15, 0.2) is 30.3 Å². The lowest BCUT2D eigenvalue weighted by Crippen LogP contribution is -2.38. The Morgan fingerprint density at radius 2 is 2.11 bits per heavy atom. The lowest BCUT2D eigenvalue weighted by molar-refractivity contribution is -0.125. The Kier molecular flexibility index (Phi) is 3.33. The number of fused-ring (bicyclic) bond motifs is 2. The molecule has 0 radical (unpaired) electrons. The van der Waals surface area contributed by atoms with E-state index in [1.807, 2.05) is 18.2 Å². The molecule has 0 saturated carbocycles. The number of benzene rings is 1. The maximum atomic E-state index is 12.1. The van der Waals surface area contributed by atoms with Gasteiger partial charge in [0, 0.05) is 18.6 Å². The van der Waals surface area contributed by atoms with Crippen LogP contribution in [0.5, 0.6) is 0 Å². The highest BCUT2D eigenvalue weighted by molar-refractivity contribution is 5.80. The zero-order chi connectivity index (χ0) is 12.4. The fourth-order valence-corrected chi connectivity index (χ4v) is 3.22. The van der Waals surface area contributed by atoms with Crippen LogP contribution in [0.25, 0.3) is 0 Å². The molecule has 2 saturated heterocycles. The van der Waals surface area contributed by atoms with Gasteiger partial charge in [-0.2, -0.15) is 0 Å². The van der Waals surface area contributed by atoms with Crippen LogP contribution in [0.2, 0.25) is 0 Å². The Balaban J connectivity index is 1.45. The van der Waals surface area contributed by atoms with Crippen molar-refractivity contribution in [3.8, 4) is 0 Å². The van der Waals surface area contributed by atoms with Crippen LogP contribution in [0.3, 0.4) is 0 Å². The van der Waals surface area contributed by atoms with Crippen molar-refractivity contribution in [1.29, 1.82) is 0 Å². The van der Waals surface area contributed by atoms with Gasteiger partial charge in [-0.15, -0.1) is 0 Å². The quantitative estimate of drug-likeness (QED) is 0.842. The molecule has 2 fully saturated rings. The summed E-state index contributed by atoms with van der Waals surface area (Å²) in [6.45, 7) is 0.747. The molecule has 3 heteroatoms. The van der Waals surface area contributed by atoms with E-state index >= 15 is 0 Å². The lowest BCUT2D eigenvalue weighted by atomic mass is 9.88. The van der Waals surface area contributed by atoms with E-state index < -0.39 is 0 Å². The second-order valence-corrected chi connectivity index (χ2v) is 5.42. The fourth-order valence-electron chi connectivity index (χ4n) is 3.22. The van der Waals surface area contributed by atoms with Crippen molar-refractivity contribution >= 4 is 5.91 Å². The standard InChI is InChI=1S/C15H20N2O/c18-15(13-10-12-6-7-14(13)17-12)16-9-8-11-4-2-1-3-5-11/h1-5,12-14,17H,6-10H2,(H,16,18). The molecule has 3 atom stereocenters. The van der Waals surface area contributed by atoms with Gasteiger partial charge in [0.25, 0.3) is 0 Å². The second-order valence-electron chi connectivity index (χ2n) is 5.42. The molecule has 0 aromatic heterocycles. The molecule has 3 nitrogen and oxygen atoms in total. The number of carbonyl (C=O) groups excluding carboxylic acids is 1. The predicted octanol–water partition coefficient (Wildman–Crippen LogP) is 1.49. The summed E-state index contributed by atoms with van der Waals surface area (Å²) >= 11 is 0. The van der Waals surface area contributed by atoms with Crippen molar-refractivity contribution in [2.24, 2.45) is 5.92 Å². The number of nitrogens with one attached hydrogen (secondary N) is 2. The summed E-state index contributed by atoms with van der Waals surface area (Å²) in [5, 5.41) is 6.59. The van der Waals surface area contributed by atoms with Crippen LogP contribution in [-0.2, 0) is 11.2 Å². The highest BCUT2D eigenvalue weighted by Gasteiger charge is 2.42. The minimum atomic E-state index is 0.208. The molecule has 3 unspecified atom stereocenters. The summed E-state index contributed by atoms with van der Waals surface area (Å²) in [5.41, 5.74) is 1.28. The molecule has 18 heavy (non-hydrogen) atoms. The molecule has 2 N–H and O–H groups in total. The SMILES string of the molecule is O=C(NCCc1ccccc1)C1CC2CCC1N2. The normalized spacial score (nSPS) is 29.4. The molecular weight excluding hydrogens is 224 g/mol. The predicted molar refractivity (Wildman–Crippen MR) is 71.2 cm³/mol. The van der Waals surface area contributed by atoms with Gasteiger partial charge in [-0.25, -0.2) is 0 Å². The average Bonchev–Trinajstić information content (AvgIpc) is 3.02. The topological polar surface area (TPSA) is 41.1 Å². The second kappa shape index (κ2) is 5.11. The highest BCUT2D eigenvalue weighted by Crippen LogP contribution is 2.33. The summed E-state index contributed by atoms with van der Waals surface area (Å²) in [6.07, 6.45) is 4.36. The van der Waals surface area contributed by atoms with Crippen LogP contribution in [0, 0.1) is 5.92 Å². The van der Waals surface area contributed by atoms with E-state index in [0.29, 0.717) is 12.1 Å². The third kappa shape index (κ3) is 2.41. The van der Waals surface area contributed by atoms with Crippen molar-refractivity contribution in [3.63, 3.8) is 0 Å². The zero-order valence-electron chi connectivity index (χ0n) is 10.6. The summed E-state index contributed by atoms with van der Waals surface area (Å²) < 4.78 is 0. The van der Waals surface area contributed by atoms with E-state index in [2.05, 4.69) is 22.8 Å². The first-order chi connectivity index (χ1) is 8.83. The molecule has 1 amide bonds. The molecule has 2 heterocycles. The van der Waals surface area contributed by atoms with Crippen molar-refractivity contribution < 1.29 is 4.79 Å².